The molecule has 6 aromatic rings. The summed E-state index contributed by atoms with van der Waals surface area (Å²) < 4.78 is 0. The number of benzene rings is 6. The topological polar surface area (TPSA) is 121 Å². The van der Waals surface area contributed by atoms with Crippen LogP contribution in [0.3, 0.4) is 0 Å². The van der Waals surface area contributed by atoms with Crippen molar-refractivity contribution >= 4 is 110 Å². The summed E-state index contributed by atoms with van der Waals surface area (Å²) in [7, 11) is 7.84. The molecule has 0 spiro atoms. The molecule has 0 aromatic heterocycles. The van der Waals surface area contributed by atoms with E-state index in [1.165, 1.54) is 11.8 Å². The minimum atomic E-state index is -0.201. The Balaban J connectivity index is 0.000000237. The Labute approximate surface area is 428 Å². The average molecular weight is 1030 g/mol. The summed E-state index contributed by atoms with van der Waals surface area (Å²) in [6, 6.07) is 34.7. The van der Waals surface area contributed by atoms with Gasteiger partial charge in [0.15, 0.2) is 0 Å². The molecule has 2 atom stereocenters. The van der Waals surface area contributed by atoms with Crippen LogP contribution in [-0.4, -0.2) is 105 Å². The molecule has 15 heteroatoms. The van der Waals surface area contributed by atoms with Crippen LogP contribution in [0.5, 0.6) is 0 Å². The van der Waals surface area contributed by atoms with Crippen molar-refractivity contribution < 1.29 is 14.4 Å². The van der Waals surface area contributed by atoms with E-state index in [1.807, 2.05) is 118 Å². The van der Waals surface area contributed by atoms with Gasteiger partial charge in [-0.1, -0.05) is 114 Å². The van der Waals surface area contributed by atoms with Crippen LogP contribution in [-0.2, 0) is 4.79 Å². The Kier molecular flexibility index (Phi) is 20.5. The average Bonchev–Trinajstić information content (AvgIpc) is 3.59. The highest BCUT2D eigenvalue weighted by Gasteiger charge is 2.31. The van der Waals surface area contributed by atoms with Crippen LogP contribution in [0.2, 0.25) is 20.1 Å². The SMILES string of the molecule is C.CN(C)CC[C@H](CN1CCSc2c(C#N)cc3ccccc3c2C1=O)c1ccc(Cl)c(Cl)c1.CNC.N#Cc1cc2ccccc2c2c1SCCN(C[C@@H](CC=O)c1ccc(Cl)c(Cl)c1)C2=O. The summed E-state index contributed by atoms with van der Waals surface area (Å²) in [5.41, 5.74) is 4.23. The van der Waals surface area contributed by atoms with E-state index in [2.05, 4.69) is 22.4 Å². The third kappa shape index (κ3) is 12.9. The minimum absolute atomic E-state index is 0. The van der Waals surface area contributed by atoms with Crippen molar-refractivity contribution in [2.45, 2.75) is 41.9 Å². The lowest BCUT2D eigenvalue weighted by molar-refractivity contribution is -0.108. The number of hydrogen-bond donors (Lipinski definition) is 1. The van der Waals surface area contributed by atoms with Gasteiger partial charge in [0.2, 0.25) is 0 Å². The van der Waals surface area contributed by atoms with Crippen LogP contribution in [0.25, 0.3) is 21.5 Å². The lowest BCUT2D eigenvalue weighted by atomic mass is 9.94. The van der Waals surface area contributed by atoms with Gasteiger partial charge in [-0.2, -0.15) is 10.5 Å². The summed E-state index contributed by atoms with van der Waals surface area (Å²) >= 11 is 27.8. The Morgan fingerprint density at radius 1 is 0.676 bits per heavy atom. The zero-order valence-electron chi connectivity index (χ0n) is 37.6. The predicted molar refractivity (Wildman–Crippen MR) is 285 cm³/mol. The number of aldehydes is 1. The number of amides is 2. The normalized spacial score (nSPS) is 14.1. The second-order valence-corrected chi connectivity index (χ2v) is 20.2. The van der Waals surface area contributed by atoms with Crippen molar-refractivity contribution in [3.8, 4) is 12.1 Å². The van der Waals surface area contributed by atoms with Crippen LogP contribution in [0, 0.1) is 22.7 Å². The lowest BCUT2D eigenvalue weighted by Crippen LogP contribution is -2.36. The quantitative estimate of drug-likeness (QED) is 0.126. The zero-order chi connectivity index (χ0) is 48.2. The summed E-state index contributed by atoms with van der Waals surface area (Å²) in [6.07, 6.45) is 2.01. The van der Waals surface area contributed by atoms with Gasteiger partial charge >= 0.3 is 0 Å². The monoisotopic (exact) mass is 1030 g/mol. The fourth-order valence-corrected chi connectivity index (χ4v) is 11.1. The number of carbonyl (C=O) groups excluding carboxylic acids is 3. The first-order chi connectivity index (χ1) is 32.3. The van der Waals surface area contributed by atoms with Crippen LogP contribution >= 0.6 is 69.9 Å². The summed E-state index contributed by atoms with van der Waals surface area (Å²) in [5.74, 6) is 1.19. The fraction of sp³-hybridized carbons (Fsp3) is 0.302. The van der Waals surface area contributed by atoms with Gasteiger partial charge in [0, 0.05) is 65.7 Å². The van der Waals surface area contributed by atoms with Crippen molar-refractivity contribution in [2.75, 3.05) is 72.4 Å². The molecular formula is C53H54Cl4N6O3S2. The van der Waals surface area contributed by atoms with E-state index in [0.29, 0.717) is 74.3 Å². The van der Waals surface area contributed by atoms with Crippen LogP contribution in [0.15, 0.2) is 107 Å². The van der Waals surface area contributed by atoms with Crippen molar-refractivity contribution in [1.82, 2.24) is 20.0 Å². The number of nitrogens with one attached hydrogen (secondary N) is 1. The maximum atomic E-state index is 13.9. The number of halogens is 4. The van der Waals surface area contributed by atoms with E-state index >= 15 is 0 Å². The number of hydrogen-bond acceptors (Lipinski definition) is 9. The summed E-state index contributed by atoms with van der Waals surface area (Å²) in [6.45, 7) is 2.99. The summed E-state index contributed by atoms with van der Waals surface area (Å²) in [4.78, 5) is 46.3. The molecule has 6 aromatic carbocycles. The van der Waals surface area contributed by atoms with Gasteiger partial charge < -0.3 is 24.8 Å². The van der Waals surface area contributed by atoms with E-state index in [9.17, 15) is 24.9 Å². The van der Waals surface area contributed by atoms with Gasteiger partial charge in [0.05, 0.1) is 42.3 Å². The van der Waals surface area contributed by atoms with E-state index in [0.717, 1.165) is 67.5 Å². The maximum absolute atomic E-state index is 13.9. The van der Waals surface area contributed by atoms with Crippen molar-refractivity contribution in [2.24, 2.45) is 0 Å². The molecule has 2 amide bonds. The molecule has 0 fully saturated rings. The molecule has 1 N–H and O–H groups in total. The number of carbonyl (C=O) groups is 3. The van der Waals surface area contributed by atoms with Crippen LogP contribution < -0.4 is 5.32 Å². The van der Waals surface area contributed by atoms with Gasteiger partial charge in [0.1, 0.15) is 18.4 Å². The number of rotatable bonds is 11. The molecule has 0 saturated heterocycles. The largest absolute Gasteiger partial charge is 0.337 e. The Bertz CT molecular complexity index is 2870. The Morgan fingerprint density at radius 2 is 1.10 bits per heavy atom. The molecule has 9 nitrogen and oxygen atoms in total. The van der Waals surface area contributed by atoms with Gasteiger partial charge in [-0.15, -0.1) is 23.5 Å². The molecule has 0 saturated carbocycles. The fourth-order valence-electron chi connectivity index (χ4n) is 8.21. The second-order valence-electron chi connectivity index (χ2n) is 16.4. The molecule has 0 radical (unpaired) electrons. The summed E-state index contributed by atoms with van der Waals surface area (Å²) in [5, 5.41) is 27.6. The van der Waals surface area contributed by atoms with Crippen LogP contribution in [0.1, 0.15) is 75.1 Å². The molecule has 0 bridgehead atoms. The predicted octanol–water partition coefficient (Wildman–Crippen LogP) is 12.7. The number of fused-ring (bicyclic) bond motifs is 6. The van der Waals surface area contributed by atoms with Crippen molar-refractivity contribution in [3.63, 3.8) is 0 Å². The molecular weight excluding hydrogens is 975 g/mol. The maximum Gasteiger partial charge on any atom is 0.255 e. The lowest BCUT2D eigenvalue weighted by Gasteiger charge is -2.28. The van der Waals surface area contributed by atoms with E-state index in [1.54, 1.807) is 28.8 Å². The highest BCUT2D eigenvalue weighted by molar-refractivity contribution is 7.99. The van der Waals surface area contributed by atoms with Crippen LogP contribution in [0.4, 0.5) is 0 Å². The number of nitrogens with zero attached hydrogens (tertiary/aromatic N) is 5. The Hall–Kier alpha value is -4.79. The van der Waals surface area contributed by atoms with E-state index < -0.39 is 0 Å². The van der Waals surface area contributed by atoms with Gasteiger partial charge in [-0.05, 0) is 110 Å². The molecule has 68 heavy (non-hydrogen) atoms. The third-order valence-electron chi connectivity index (χ3n) is 11.5. The van der Waals surface area contributed by atoms with Gasteiger partial charge in [-0.3, -0.25) is 9.59 Å². The highest BCUT2D eigenvalue weighted by Crippen LogP contribution is 2.39. The molecule has 8 rings (SSSR count). The molecule has 354 valence electrons. The highest BCUT2D eigenvalue weighted by atomic mass is 35.5. The van der Waals surface area contributed by atoms with Crippen molar-refractivity contribution in [1.29, 1.82) is 10.5 Å². The van der Waals surface area contributed by atoms with E-state index in [-0.39, 0.29) is 37.5 Å². The zero-order valence-corrected chi connectivity index (χ0v) is 42.3. The smallest absolute Gasteiger partial charge is 0.255 e. The first-order valence-corrected chi connectivity index (χ1v) is 25.1. The van der Waals surface area contributed by atoms with Gasteiger partial charge in [-0.25, -0.2) is 0 Å². The van der Waals surface area contributed by atoms with Crippen molar-refractivity contribution in [3.05, 3.63) is 151 Å². The van der Waals surface area contributed by atoms with E-state index in [4.69, 9.17) is 46.4 Å². The second kappa shape index (κ2) is 25.7. The first kappa shape index (κ1) is 54.2. The first-order valence-electron chi connectivity index (χ1n) is 21.7. The third-order valence-corrected chi connectivity index (χ3v) is 15.2. The van der Waals surface area contributed by atoms with Gasteiger partial charge in [0.25, 0.3) is 11.8 Å². The standard InChI is InChI=1S/C26H25Cl2N3OS.C24H18Cl2N2O2S.C2H7N.CH4/c1-30(2)10-9-19(17-7-8-22(27)23(28)14-17)16-31-11-12-33-25-20(15-29)13-18-5-3-4-6-21(18)24(25)26(31)32;25-20-6-5-15(12-21(20)26)17(7-9-29)14-28-8-10-31-23-18(13-27)11-16-3-1-2-4-19(16)22(23)24(28)30;1-3-2;/h3-8,13-14,19H,9-12,16H2,1-2H3;1-6,9,11-12,17H,7-8,10,14H2;3H,1-2H3;1H4/t19-;17-;;/m11../s1. The minimum Gasteiger partial charge on any atom is -0.337 e. The number of thioether (sulfide) groups is 2. The Morgan fingerprint density at radius 3 is 1.51 bits per heavy atom. The molecule has 2 aliphatic heterocycles. The molecule has 2 aliphatic rings. The molecule has 0 aliphatic carbocycles. The molecule has 2 heterocycles. The molecule has 0 unspecified atom stereocenters. The number of nitriles is 2.